The lowest BCUT2D eigenvalue weighted by atomic mass is 10.0. The highest BCUT2D eigenvalue weighted by atomic mass is 35.5. The van der Waals surface area contributed by atoms with E-state index in [1.54, 1.807) is 4.90 Å². The highest BCUT2D eigenvalue weighted by Crippen LogP contribution is 2.33. The summed E-state index contributed by atoms with van der Waals surface area (Å²) in [5, 5.41) is 12.2. The first-order chi connectivity index (χ1) is 9.36. The number of carboxylic acids is 1. The largest absolute Gasteiger partial charge is 0.481 e. The lowest BCUT2D eigenvalue weighted by Crippen LogP contribution is -2.52. The van der Waals surface area contributed by atoms with Crippen LogP contribution in [0, 0.1) is 5.92 Å². The van der Waals surface area contributed by atoms with Crippen molar-refractivity contribution in [3.8, 4) is 0 Å². The number of nitrogens with zero attached hydrogens (tertiary/aromatic N) is 1. The molecule has 0 unspecified atom stereocenters. The Balaban J connectivity index is 1.91. The summed E-state index contributed by atoms with van der Waals surface area (Å²) in [4.78, 5) is 24.2. The number of rotatable bonds is 4. The first kappa shape index (κ1) is 15.4. The van der Waals surface area contributed by atoms with Crippen LogP contribution in [0.5, 0.6) is 0 Å². The Morgan fingerprint density at radius 1 is 1.25 bits per heavy atom. The lowest BCUT2D eigenvalue weighted by Gasteiger charge is -2.35. The van der Waals surface area contributed by atoms with Crippen molar-refractivity contribution in [2.45, 2.75) is 0 Å². The van der Waals surface area contributed by atoms with Gasteiger partial charge in [-0.1, -0.05) is 34.8 Å². The summed E-state index contributed by atoms with van der Waals surface area (Å²) < 4.78 is 0. The minimum atomic E-state index is -0.842. The second kappa shape index (κ2) is 6.18. The monoisotopic (exact) mass is 336 g/mol. The molecule has 0 saturated carbocycles. The van der Waals surface area contributed by atoms with Gasteiger partial charge in [0.05, 0.1) is 28.2 Å². The number of halogens is 3. The second-order valence-corrected chi connectivity index (χ2v) is 5.77. The molecule has 1 fully saturated rings. The third kappa shape index (κ3) is 3.55. The van der Waals surface area contributed by atoms with Crippen molar-refractivity contribution in [1.29, 1.82) is 0 Å². The lowest BCUT2D eigenvalue weighted by molar-refractivity contribution is -0.148. The van der Waals surface area contributed by atoms with Crippen LogP contribution in [-0.2, 0) is 9.59 Å². The van der Waals surface area contributed by atoms with Crippen LogP contribution in [0.3, 0.4) is 0 Å². The number of anilines is 1. The molecular weight excluding hydrogens is 327 g/mol. The molecule has 8 heteroatoms. The van der Waals surface area contributed by atoms with E-state index >= 15 is 0 Å². The van der Waals surface area contributed by atoms with Crippen LogP contribution in [0.4, 0.5) is 5.69 Å². The normalized spacial score (nSPS) is 15.8. The molecule has 20 heavy (non-hydrogen) atoms. The van der Waals surface area contributed by atoms with Gasteiger partial charge in [0.15, 0.2) is 0 Å². The van der Waals surface area contributed by atoms with E-state index in [1.807, 2.05) is 0 Å². The minimum absolute atomic E-state index is 0.0963. The number of hydrogen-bond donors (Lipinski definition) is 2. The molecule has 1 aromatic carbocycles. The third-order valence-corrected chi connectivity index (χ3v) is 3.76. The number of aliphatic carboxylic acids is 1. The molecule has 1 aliphatic rings. The fourth-order valence-electron chi connectivity index (χ4n) is 1.90. The fourth-order valence-corrected chi connectivity index (χ4v) is 2.81. The van der Waals surface area contributed by atoms with Gasteiger partial charge in [-0.25, -0.2) is 0 Å². The molecule has 0 bridgehead atoms. The molecule has 5 nitrogen and oxygen atoms in total. The van der Waals surface area contributed by atoms with Crippen LogP contribution in [-0.4, -0.2) is 41.5 Å². The fraction of sp³-hybridized carbons (Fsp3) is 0.333. The predicted octanol–water partition coefficient (Wildman–Crippen LogP) is 2.60. The van der Waals surface area contributed by atoms with Crippen molar-refractivity contribution in [3.63, 3.8) is 0 Å². The van der Waals surface area contributed by atoms with E-state index in [0.717, 1.165) is 0 Å². The van der Waals surface area contributed by atoms with Crippen molar-refractivity contribution in [2.24, 2.45) is 5.92 Å². The van der Waals surface area contributed by atoms with E-state index in [9.17, 15) is 9.59 Å². The Morgan fingerprint density at radius 3 is 2.30 bits per heavy atom. The molecule has 0 radical (unpaired) electrons. The number of amides is 1. The zero-order chi connectivity index (χ0) is 14.9. The van der Waals surface area contributed by atoms with Gasteiger partial charge in [0.2, 0.25) is 5.91 Å². The number of carbonyl (C=O) groups is 2. The molecule has 0 aliphatic carbocycles. The molecular formula is C12H11Cl3N2O3. The molecule has 0 atom stereocenters. The van der Waals surface area contributed by atoms with Crippen LogP contribution in [0.25, 0.3) is 0 Å². The minimum Gasteiger partial charge on any atom is -0.481 e. The molecule has 1 aliphatic heterocycles. The van der Waals surface area contributed by atoms with E-state index < -0.39 is 11.9 Å². The summed E-state index contributed by atoms with van der Waals surface area (Å²) >= 11 is 17.7. The van der Waals surface area contributed by atoms with Gasteiger partial charge in [-0.05, 0) is 12.1 Å². The van der Waals surface area contributed by atoms with Gasteiger partial charge in [0, 0.05) is 18.1 Å². The average molecular weight is 338 g/mol. The van der Waals surface area contributed by atoms with Gasteiger partial charge in [0.25, 0.3) is 0 Å². The van der Waals surface area contributed by atoms with E-state index in [0.29, 0.717) is 23.8 Å². The Morgan fingerprint density at radius 2 is 1.80 bits per heavy atom. The SMILES string of the molecule is O=C(CN1CC(C(=O)O)C1)Nc1c(Cl)cc(Cl)cc1Cl. The first-order valence-corrected chi connectivity index (χ1v) is 6.89. The highest BCUT2D eigenvalue weighted by Gasteiger charge is 2.33. The standard InChI is InChI=1S/C12H11Cl3N2O3/c13-7-1-8(14)11(9(15)2-7)16-10(18)5-17-3-6(4-17)12(19)20/h1-2,6H,3-5H2,(H,16,18)(H,19,20). The zero-order valence-corrected chi connectivity index (χ0v) is 12.5. The predicted molar refractivity (Wildman–Crippen MR) is 77.7 cm³/mol. The Bertz CT molecular complexity index is 536. The Kier molecular flexibility index (Phi) is 4.75. The van der Waals surface area contributed by atoms with Gasteiger partial charge >= 0.3 is 5.97 Å². The van der Waals surface area contributed by atoms with Gasteiger partial charge < -0.3 is 10.4 Å². The van der Waals surface area contributed by atoms with E-state index in [2.05, 4.69) is 5.32 Å². The average Bonchev–Trinajstić information content (AvgIpc) is 2.27. The summed E-state index contributed by atoms with van der Waals surface area (Å²) in [6, 6.07) is 2.96. The zero-order valence-electron chi connectivity index (χ0n) is 10.2. The first-order valence-electron chi connectivity index (χ1n) is 5.76. The smallest absolute Gasteiger partial charge is 0.309 e. The van der Waals surface area contributed by atoms with E-state index in [1.165, 1.54) is 12.1 Å². The van der Waals surface area contributed by atoms with Crippen LogP contribution >= 0.6 is 34.8 Å². The quantitative estimate of drug-likeness (QED) is 0.886. The van der Waals surface area contributed by atoms with Crippen LogP contribution in [0.15, 0.2) is 12.1 Å². The molecule has 0 aromatic heterocycles. The molecule has 0 spiro atoms. The van der Waals surface area contributed by atoms with Crippen molar-refractivity contribution in [3.05, 3.63) is 27.2 Å². The van der Waals surface area contributed by atoms with Crippen molar-refractivity contribution < 1.29 is 14.7 Å². The number of benzene rings is 1. The summed E-state index contributed by atoms with van der Waals surface area (Å²) in [6.07, 6.45) is 0. The van der Waals surface area contributed by atoms with Crippen molar-refractivity contribution in [1.82, 2.24) is 4.90 Å². The number of carbonyl (C=O) groups excluding carboxylic acids is 1. The molecule has 2 rings (SSSR count). The van der Waals surface area contributed by atoms with Crippen molar-refractivity contribution in [2.75, 3.05) is 25.0 Å². The van der Waals surface area contributed by atoms with Crippen LogP contribution in [0.1, 0.15) is 0 Å². The number of likely N-dealkylation sites (tertiary alicyclic amines) is 1. The number of hydrogen-bond acceptors (Lipinski definition) is 3. The molecule has 1 amide bonds. The Labute approximate surface area is 130 Å². The molecule has 2 N–H and O–H groups in total. The number of nitrogens with one attached hydrogen (secondary N) is 1. The maximum atomic E-state index is 11.8. The summed E-state index contributed by atoms with van der Waals surface area (Å²) in [7, 11) is 0. The van der Waals surface area contributed by atoms with Gasteiger partial charge in [-0.2, -0.15) is 0 Å². The molecule has 108 valence electrons. The van der Waals surface area contributed by atoms with Gasteiger partial charge in [-0.15, -0.1) is 0 Å². The van der Waals surface area contributed by atoms with Gasteiger partial charge in [0.1, 0.15) is 0 Å². The van der Waals surface area contributed by atoms with Gasteiger partial charge in [-0.3, -0.25) is 14.5 Å². The molecule has 1 saturated heterocycles. The van der Waals surface area contributed by atoms with E-state index in [-0.39, 0.29) is 22.5 Å². The molecule has 1 heterocycles. The summed E-state index contributed by atoms with van der Waals surface area (Å²) in [5.74, 6) is -1.55. The number of carboxylic acid groups (broad SMARTS) is 1. The Hall–Kier alpha value is -1.01. The van der Waals surface area contributed by atoms with E-state index in [4.69, 9.17) is 39.9 Å². The summed E-state index contributed by atoms with van der Waals surface area (Å²) in [6.45, 7) is 0.828. The second-order valence-electron chi connectivity index (χ2n) is 4.52. The van der Waals surface area contributed by atoms with Crippen LogP contribution < -0.4 is 5.32 Å². The molecule has 1 aromatic rings. The highest BCUT2D eigenvalue weighted by molar-refractivity contribution is 6.42. The van der Waals surface area contributed by atoms with Crippen LogP contribution in [0.2, 0.25) is 15.1 Å². The third-order valence-electron chi connectivity index (χ3n) is 2.94. The maximum absolute atomic E-state index is 11.8. The maximum Gasteiger partial charge on any atom is 0.309 e. The van der Waals surface area contributed by atoms with Crippen molar-refractivity contribution >= 4 is 52.4 Å². The topological polar surface area (TPSA) is 69.6 Å². The summed E-state index contributed by atoms with van der Waals surface area (Å²) in [5.41, 5.74) is 0.304.